The van der Waals surface area contributed by atoms with Crippen LogP contribution in [0.15, 0.2) is 48.8 Å². The van der Waals surface area contributed by atoms with Gasteiger partial charge >= 0.3 is 0 Å². The molecule has 30 heavy (non-hydrogen) atoms. The first-order chi connectivity index (χ1) is 14.6. The fraction of sp³-hybridized carbons (Fsp3) is 0.348. The number of nitrogens with one attached hydrogen (secondary N) is 1. The molecule has 0 unspecified atom stereocenters. The van der Waals surface area contributed by atoms with Gasteiger partial charge in [0.15, 0.2) is 0 Å². The van der Waals surface area contributed by atoms with E-state index in [9.17, 15) is 9.59 Å². The van der Waals surface area contributed by atoms with Gasteiger partial charge in [0.05, 0.1) is 5.69 Å². The highest BCUT2D eigenvalue weighted by Gasteiger charge is 2.17. The molecule has 2 amide bonds. The predicted molar refractivity (Wildman–Crippen MR) is 113 cm³/mol. The number of likely N-dealkylation sites (tertiary alicyclic amines) is 1. The van der Waals surface area contributed by atoms with Gasteiger partial charge in [-0.3, -0.25) is 9.59 Å². The van der Waals surface area contributed by atoms with Crippen LogP contribution in [0.3, 0.4) is 0 Å². The predicted octanol–water partition coefficient (Wildman–Crippen LogP) is 2.96. The Kier molecular flexibility index (Phi) is 5.97. The van der Waals surface area contributed by atoms with Crippen LogP contribution in [-0.2, 0) is 11.4 Å². The third-order valence-electron chi connectivity index (χ3n) is 5.24. The second-order valence-electron chi connectivity index (χ2n) is 7.61. The Hall–Kier alpha value is -3.35. The number of amides is 2. The number of carbonyl (C=O) groups excluding carboxylic acids is 2. The Labute approximate surface area is 175 Å². The van der Waals surface area contributed by atoms with Gasteiger partial charge in [0.25, 0.3) is 5.91 Å². The van der Waals surface area contributed by atoms with Gasteiger partial charge in [-0.1, -0.05) is 6.07 Å². The molecule has 1 aromatic carbocycles. The maximum atomic E-state index is 12.3. The summed E-state index contributed by atoms with van der Waals surface area (Å²) in [4.78, 5) is 30.7. The lowest BCUT2D eigenvalue weighted by molar-refractivity contribution is -0.129. The highest BCUT2D eigenvalue weighted by atomic mass is 16.5. The second-order valence-corrected chi connectivity index (χ2v) is 7.61. The van der Waals surface area contributed by atoms with Crippen LogP contribution in [0, 0.1) is 6.92 Å². The molecule has 0 bridgehead atoms. The number of rotatable bonds is 7. The van der Waals surface area contributed by atoms with Gasteiger partial charge in [0.2, 0.25) is 5.91 Å². The van der Waals surface area contributed by atoms with Crippen LogP contribution in [0.5, 0.6) is 5.75 Å². The van der Waals surface area contributed by atoms with E-state index in [0.29, 0.717) is 30.9 Å². The third-order valence-corrected chi connectivity index (χ3v) is 5.24. The first kappa shape index (κ1) is 19.9. The van der Waals surface area contributed by atoms with E-state index in [4.69, 9.17) is 4.74 Å². The number of hydrogen-bond donors (Lipinski definition) is 1. The lowest BCUT2D eigenvalue weighted by atomic mass is 10.2. The van der Waals surface area contributed by atoms with Gasteiger partial charge in [-0.15, -0.1) is 0 Å². The Balaban J connectivity index is 1.25. The standard InChI is InChI=1S/C23H26N4O3/c1-17-4-9-21-25-19(15-27(21)14-17)16-30-20-7-5-18(6-8-20)23(29)24-11-10-22(28)26-12-2-3-13-26/h4-9,14-15H,2-3,10-13,16H2,1H3,(H,24,29). The van der Waals surface area contributed by atoms with Crippen LogP contribution in [0.1, 0.15) is 40.9 Å². The topological polar surface area (TPSA) is 75.9 Å². The van der Waals surface area contributed by atoms with Crippen molar-refractivity contribution in [3.05, 3.63) is 65.6 Å². The zero-order chi connectivity index (χ0) is 20.9. The molecule has 2 aromatic heterocycles. The number of aromatic nitrogens is 2. The summed E-state index contributed by atoms with van der Waals surface area (Å²) in [6.07, 6.45) is 6.46. The van der Waals surface area contributed by atoms with Crippen LogP contribution in [0.25, 0.3) is 5.65 Å². The summed E-state index contributed by atoms with van der Waals surface area (Å²) in [5, 5.41) is 2.81. The summed E-state index contributed by atoms with van der Waals surface area (Å²) in [6.45, 7) is 4.41. The molecule has 1 aliphatic heterocycles. The fourth-order valence-electron chi connectivity index (χ4n) is 3.59. The van der Waals surface area contributed by atoms with Gasteiger partial charge in [-0.05, 0) is 55.7 Å². The summed E-state index contributed by atoms with van der Waals surface area (Å²) in [6, 6.07) is 11.0. The highest BCUT2D eigenvalue weighted by molar-refractivity contribution is 5.94. The zero-order valence-electron chi connectivity index (χ0n) is 17.1. The molecule has 4 rings (SSSR count). The van der Waals surface area contributed by atoms with Crippen molar-refractivity contribution in [2.24, 2.45) is 0 Å². The number of hydrogen-bond acceptors (Lipinski definition) is 4. The maximum absolute atomic E-state index is 12.3. The minimum Gasteiger partial charge on any atom is -0.487 e. The normalized spacial score (nSPS) is 13.6. The molecule has 156 valence electrons. The maximum Gasteiger partial charge on any atom is 0.251 e. The van der Waals surface area contributed by atoms with Crippen molar-refractivity contribution in [1.29, 1.82) is 0 Å². The molecule has 0 radical (unpaired) electrons. The van der Waals surface area contributed by atoms with Crippen LogP contribution in [0.2, 0.25) is 0 Å². The number of fused-ring (bicyclic) bond motifs is 1. The number of benzene rings is 1. The van der Waals surface area contributed by atoms with Gasteiger partial charge < -0.3 is 19.4 Å². The quantitative estimate of drug-likeness (QED) is 0.655. The molecule has 3 aromatic rings. The van der Waals surface area contributed by atoms with E-state index in [1.54, 1.807) is 24.3 Å². The second kappa shape index (κ2) is 8.98. The lowest BCUT2D eigenvalue weighted by Crippen LogP contribution is -2.32. The fourth-order valence-corrected chi connectivity index (χ4v) is 3.59. The van der Waals surface area contributed by atoms with Crippen molar-refractivity contribution in [2.45, 2.75) is 32.8 Å². The van der Waals surface area contributed by atoms with Crippen molar-refractivity contribution < 1.29 is 14.3 Å². The van der Waals surface area contributed by atoms with Crippen molar-refractivity contribution in [3.8, 4) is 5.75 Å². The van der Waals surface area contributed by atoms with E-state index in [0.717, 1.165) is 37.3 Å². The summed E-state index contributed by atoms with van der Waals surface area (Å²) in [5.74, 6) is 0.592. The summed E-state index contributed by atoms with van der Waals surface area (Å²) < 4.78 is 7.78. The van der Waals surface area contributed by atoms with E-state index < -0.39 is 0 Å². The summed E-state index contributed by atoms with van der Waals surface area (Å²) in [5.41, 5.74) is 3.43. The van der Waals surface area contributed by atoms with E-state index in [1.807, 2.05) is 40.8 Å². The smallest absolute Gasteiger partial charge is 0.251 e. The number of nitrogens with zero attached hydrogens (tertiary/aromatic N) is 3. The largest absolute Gasteiger partial charge is 0.487 e. The van der Waals surface area contributed by atoms with Crippen molar-refractivity contribution >= 4 is 17.5 Å². The zero-order valence-corrected chi connectivity index (χ0v) is 17.1. The van der Waals surface area contributed by atoms with Crippen LogP contribution < -0.4 is 10.1 Å². The first-order valence-corrected chi connectivity index (χ1v) is 10.3. The molecule has 1 saturated heterocycles. The molecule has 7 nitrogen and oxygen atoms in total. The van der Waals surface area contributed by atoms with E-state index in [-0.39, 0.29) is 11.8 Å². The molecule has 0 spiro atoms. The van der Waals surface area contributed by atoms with Crippen molar-refractivity contribution in [2.75, 3.05) is 19.6 Å². The average Bonchev–Trinajstić information content (AvgIpc) is 3.42. The van der Waals surface area contributed by atoms with E-state index in [1.165, 1.54) is 5.56 Å². The number of aryl methyl sites for hydroxylation is 1. The molecular formula is C23H26N4O3. The molecule has 7 heteroatoms. The minimum atomic E-state index is -0.188. The average molecular weight is 406 g/mol. The Morgan fingerprint density at radius 2 is 1.83 bits per heavy atom. The van der Waals surface area contributed by atoms with Gasteiger partial charge in [0, 0.05) is 44.0 Å². The molecule has 1 N–H and O–H groups in total. The summed E-state index contributed by atoms with van der Waals surface area (Å²) >= 11 is 0. The number of imidazole rings is 1. The lowest BCUT2D eigenvalue weighted by Gasteiger charge is -2.15. The summed E-state index contributed by atoms with van der Waals surface area (Å²) in [7, 11) is 0. The van der Waals surface area contributed by atoms with Crippen molar-refractivity contribution in [1.82, 2.24) is 19.6 Å². The molecule has 1 aliphatic rings. The molecular weight excluding hydrogens is 380 g/mol. The number of ether oxygens (including phenoxy) is 1. The van der Waals surface area contributed by atoms with Crippen LogP contribution in [0.4, 0.5) is 0 Å². The molecule has 3 heterocycles. The minimum absolute atomic E-state index is 0.110. The number of carbonyl (C=O) groups is 2. The van der Waals surface area contributed by atoms with E-state index >= 15 is 0 Å². The molecule has 0 aliphatic carbocycles. The highest BCUT2D eigenvalue weighted by Crippen LogP contribution is 2.15. The molecule has 1 fully saturated rings. The molecule has 0 atom stereocenters. The van der Waals surface area contributed by atoms with Gasteiger partial charge in [-0.2, -0.15) is 0 Å². The SMILES string of the molecule is Cc1ccc2nc(COc3ccc(C(=O)NCCC(=O)N4CCCC4)cc3)cn2c1. The Morgan fingerprint density at radius 3 is 2.60 bits per heavy atom. The van der Waals surface area contributed by atoms with Gasteiger partial charge in [-0.25, -0.2) is 4.98 Å². The van der Waals surface area contributed by atoms with E-state index in [2.05, 4.69) is 10.3 Å². The van der Waals surface area contributed by atoms with Gasteiger partial charge in [0.1, 0.15) is 18.0 Å². The Bertz CT molecular complexity index is 1040. The van der Waals surface area contributed by atoms with Crippen LogP contribution in [-0.4, -0.2) is 45.7 Å². The van der Waals surface area contributed by atoms with Crippen LogP contribution >= 0.6 is 0 Å². The molecule has 0 saturated carbocycles. The Morgan fingerprint density at radius 1 is 1.07 bits per heavy atom. The number of pyridine rings is 1. The van der Waals surface area contributed by atoms with Crippen molar-refractivity contribution in [3.63, 3.8) is 0 Å². The first-order valence-electron chi connectivity index (χ1n) is 10.3. The third kappa shape index (κ3) is 4.79. The monoisotopic (exact) mass is 406 g/mol.